The Labute approximate surface area is 143 Å². The molecule has 0 spiro atoms. The van der Waals surface area contributed by atoms with Gasteiger partial charge in [0.25, 0.3) is 0 Å². The minimum Gasteiger partial charge on any atom is -0.462 e. The molecular formula is C17H16N2O4S. The van der Waals surface area contributed by atoms with Crippen LogP contribution in [0.3, 0.4) is 0 Å². The van der Waals surface area contributed by atoms with Crippen molar-refractivity contribution in [2.24, 2.45) is 0 Å². The number of benzene rings is 1. The Morgan fingerprint density at radius 3 is 2.58 bits per heavy atom. The van der Waals surface area contributed by atoms with Crippen molar-refractivity contribution in [2.75, 3.05) is 11.9 Å². The summed E-state index contributed by atoms with van der Waals surface area (Å²) in [6.45, 7) is 3.69. The van der Waals surface area contributed by atoms with Crippen molar-refractivity contribution in [1.82, 2.24) is 0 Å². The van der Waals surface area contributed by atoms with Gasteiger partial charge in [-0.1, -0.05) is 30.3 Å². The third-order valence-corrected chi connectivity index (χ3v) is 4.34. The van der Waals surface area contributed by atoms with Crippen molar-refractivity contribution < 1.29 is 19.1 Å². The Kier molecular flexibility index (Phi) is 5.93. The molecule has 0 aliphatic heterocycles. The smallest absolute Gasteiger partial charge is 0.412 e. The van der Waals surface area contributed by atoms with Gasteiger partial charge in [-0.05, 0) is 25.0 Å². The van der Waals surface area contributed by atoms with E-state index in [-0.39, 0.29) is 23.8 Å². The van der Waals surface area contributed by atoms with E-state index in [2.05, 4.69) is 5.32 Å². The van der Waals surface area contributed by atoms with Gasteiger partial charge in [0, 0.05) is 0 Å². The predicted molar refractivity (Wildman–Crippen MR) is 90.0 cm³/mol. The summed E-state index contributed by atoms with van der Waals surface area (Å²) in [4.78, 5) is 24.1. The Morgan fingerprint density at radius 1 is 1.25 bits per heavy atom. The molecule has 0 bridgehead atoms. The first-order valence-corrected chi connectivity index (χ1v) is 8.06. The third kappa shape index (κ3) is 4.12. The summed E-state index contributed by atoms with van der Waals surface area (Å²) < 4.78 is 10.1. The highest BCUT2D eigenvalue weighted by atomic mass is 32.1. The Morgan fingerprint density at radius 2 is 1.96 bits per heavy atom. The molecule has 24 heavy (non-hydrogen) atoms. The van der Waals surface area contributed by atoms with Crippen molar-refractivity contribution in [3.05, 3.63) is 51.9 Å². The molecule has 124 valence electrons. The van der Waals surface area contributed by atoms with Crippen LogP contribution in [0, 0.1) is 18.3 Å². The Bertz CT molecular complexity index is 778. The fraction of sp³-hybridized carbons (Fsp3) is 0.235. The number of thiophene rings is 1. The monoisotopic (exact) mass is 344 g/mol. The summed E-state index contributed by atoms with van der Waals surface area (Å²) in [5.41, 5.74) is 1.57. The number of anilines is 1. The molecule has 1 amide bonds. The first kappa shape index (κ1) is 17.5. The van der Waals surface area contributed by atoms with Crippen molar-refractivity contribution in [2.45, 2.75) is 20.5 Å². The van der Waals surface area contributed by atoms with E-state index in [4.69, 9.17) is 9.47 Å². The van der Waals surface area contributed by atoms with E-state index < -0.39 is 12.1 Å². The van der Waals surface area contributed by atoms with E-state index in [0.29, 0.717) is 10.4 Å². The van der Waals surface area contributed by atoms with Gasteiger partial charge in [-0.3, -0.25) is 5.32 Å². The molecule has 0 saturated heterocycles. The van der Waals surface area contributed by atoms with Crippen LogP contribution in [0.15, 0.2) is 30.3 Å². The zero-order valence-electron chi connectivity index (χ0n) is 13.3. The lowest BCUT2D eigenvalue weighted by atomic mass is 10.2. The largest absolute Gasteiger partial charge is 0.462 e. The topological polar surface area (TPSA) is 88.4 Å². The van der Waals surface area contributed by atoms with Crippen molar-refractivity contribution in [3.8, 4) is 6.07 Å². The lowest BCUT2D eigenvalue weighted by molar-refractivity contribution is 0.0531. The number of hydrogen-bond donors (Lipinski definition) is 1. The molecule has 0 aliphatic carbocycles. The molecule has 2 aromatic rings. The van der Waals surface area contributed by atoms with Gasteiger partial charge >= 0.3 is 12.1 Å². The first-order valence-electron chi connectivity index (χ1n) is 7.25. The highest BCUT2D eigenvalue weighted by Crippen LogP contribution is 2.33. The molecule has 0 saturated carbocycles. The standard InChI is InChI=1S/C17H16N2O4S/c1-3-22-16(20)14-11(2)13(9-18)15(24-14)19-17(21)23-10-12-7-5-4-6-8-12/h4-8H,3,10H2,1-2H3,(H,19,21). The van der Waals surface area contributed by atoms with Crippen LogP contribution in [0.5, 0.6) is 0 Å². The highest BCUT2D eigenvalue weighted by molar-refractivity contribution is 7.18. The number of amides is 1. The summed E-state index contributed by atoms with van der Waals surface area (Å²) in [6, 6.07) is 11.2. The second-order valence-electron chi connectivity index (χ2n) is 4.78. The Balaban J connectivity index is 2.08. The zero-order chi connectivity index (χ0) is 17.5. The molecule has 0 unspecified atom stereocenters. The lowest BCUT2D eigenvalue weighted by Gasteiger charge is -2.05. The van der Waals surface area contributed by atoms with Gasteiger partial charge in [0.1, 0.15) is 22.6 Å². The summed E-state index contributed by atoms with van der Waals surface area (Å²) in [6.07, 6.45) is -0.688. The van der Waals surface area contributed by atoms with Gasteiger partial charge in [-0.25, -0.2) is 9.59 Å². The number of hydrogen-bond acceptors (Lipinski definition) is 6. The number of nitriles is 1. The van der Waals surface area contributed by atoms with Crippen LogP contribution in [0.1, 0.15) is 33.3 Å². The van der Waals surface area contributed by atoms with Gasteiger partial charge in [0.05, 0.1) is 12.2 Å². The maximum Gasteiger partial charge on any atom is 0.412 e. The maximum atomic E-state index is 11.9. The van der Waals surface area contributed by atoms with E-state index in [1.807, 2.05) is 36.4 Å². The summed E-state index contributed by atoms with van der Waals surface area (Å²) in [5, 5.41) is 12.0. The summed E-state index contributed by atoms with van der Waals surface area (Å²) in [5.74, 6) is -0.512. The van der Waals surface area contributed by atoms with Gasteiger partial charge < -0.3 is 9.47 Å². The van der Waals surface area contributed by atoms with E-state index in [1.165, 1.54) is 0 Å². The molecule has 0 aliphatic rings. The van der Waals surface area contributed by atoms with E-state index in [9.17, 15) is 14.9 Å². The predicted octanol–water partition coefficient (Wildman–Crippen LogP) is 3.85. The second-order valence-corrected chi connectivity index (χ2v) is 5.80. The van der Waals surface area contributed by atoms with E-state index >= 15 is 0 Å². The van der Waals surface area contributed by atoms with E-state index in [0.717, 1.165) is 16.9 Å². The van der Waals surface area contributed by atoms with Crippen LogP contribution in [-0.4, -0.2) is 18.7 Å². The van der Waals surface area contributed by atoms with Gasteiger partial charge in [0.15, 0.2) is 0 Å². The van der Waals surface area contributed by atoms with Crippen LogP contribution >= 0.6 is 11.3 Å². The molecule has 1 N–H and O–H groups in total. The molecule has 0 atom stereocenters. The van der Waals surface area contributed by atoms with Crippen LogP contribution in [-0.2, 0) is 16.1 Å². The number of carbonyl (C=O) groups is 2. The molecular weight excluding hydrogens is 328 g/mol. The number of esters is 1. The Hall–Kier alpha value is -2.85. The highest BCUT2D eigenvalue weighted by Gasteiger charge is 2.22. The van der Waals surface area contributed by atoms with Crippen LogP contribution in [0.25, 0.3) is 0 Å². The van der Waals surface area contributed by atoms with E-state index in [1.54, 1.807) is 13.8 Å². The average molecular weight is 344 g/mol. The molecule has 0 radical (unpaired) electrons. The van der Waals surface area contributed by atoms with Crippen LogP contribution in [0.4, 0.5) is 9.80 Å². The van der Waals surface area contributed by atoms with Crippen LogP contribution in [0.2, 0.25) is 0 Å². The molecule has 1 aromatic carbocycles. The fourth-order valence-corrected chi connectivity index (χ4v) is 3.02. The van der Waals surface area contributed by atoms with Gasteiger partial charge in [-0.2, -0.15) is 5.26 Å². The lowest BCUT2D eigenvalue weighted by Crippen LogP contribution is -2.13. The maximum absolute atomic E-state index is 11.9. The molecule has 2 rings (SSSR count). The number of carbonyl (C=O) groups excluding carboxylic acids is 2. The van der Waals surface area contributed by atoms with Gasteiger partial charge in [-0.15, -0.1) is 11.3 Å². The zero-order valence-corrected chi connectivity index (χ0v) is 14.1. The minimum atomic E-state index is -0.688. The number of nitrogens with one attached hydrogen (secondary N) is 1. The minimum absolute atomic E-state index is 0.115. The molecule has 6 nitrogen and oxygen atoms in total. The molecule has 0 fully saturated rings. The number of nitrogens with zero attached hydrogens (tertiary/aromatic N) is 1. The van der Waals surface area contributed by atoms with Crippen molar-refractivity contribution in [3.63, 3.8) is 0 Å². The second kappa shape index (κ2) is 8.13. The summed E-state index contributed by atoms with van der Waals surface area (Å²) in [7, 11) is 0. The van der Waals surface area contributed by atoms with Crippen molar-refractivity contribution >= 4 is 28.4 Å². The summed E-state index contributed by atoms with van der Waals surface area (Å²) >= 11 is 1.000. The normalized spacial score (nSPS) is 9.88. The fourth-order valence-electron chi connectivity index (χ4n) is 1.98. The molecule has 1 heterocycles. The van der Waals surface area contributed by atoms with Crippen LogP contribution < -0.4 is 5.32 Å². The number of rotatable bonds is 5. The first-order chi connectivity index (χ1) is 11.6. The average Bonchev–Trinajstić information content (AvgIpc) is 2.89. The van der Waals surface area contributed by atoms with Crippen molar-refractivity contribution in [1.29, 1.82) is 5.26 Å². The SMILES string of the molecule is CCOC(=O)c1sc(NC(=O)OCc2ccccc2)c(C#N)c1C. The number of ether oxygens (including phenoxy) is 2. The molecule has 7 heteroatoms. The third-order valence-electron chi connectivity index (χ3n) is 3.15. The van der Waals surface area contributed by atoms with Gasteiger partial charge in [0.2, 0.25) is 0 Å². The quantitative estimate of drug-likeness (QED) is 0.832. The molecule has 1 aromatic heterocycles.